The molecule has 0 radical (unpaired) electrons. The monoisotopic (exact) mass is 374 g/mol. The zero-order valence-corrected chi connectivity index (χ0v) is 15.9. The summed E-state index contributed by atoms with van der Waals surface area (Å²) < 4.78 is 13.3. The second-order valence-electron chi connectivity index (χ2n) is 6.98. The van der Waals surface area contributed by atoms with Crippen molar-refractivity contribution in [1.82, 2.24) is 20.1 Å². The maximum Gasteiger partial charge on any atom is 0.317 e. The van der Waals surface area contributed by atoms with Crippen molar-refractivity contribution in [2.45, 2.75) is 33.2 Å². The standard InChI is InChI=1S/C20H27FN4O2/c1-3-24(4-2)19(26)14-6-5-9-25(13-14)20(27)22-12-17-11-15-10-16(21)7-8-18(15)23-17/h7-8,10-11,14,23H,3-6,9,12-13H2,1-2H3,(H,22,27)/t14-/m0/s1. The van der Waals surface area contributed by atoms with Gasteiger partial charge in [0.05, 0.1) is 12.5 Å². The summed E-state index contributed by atoms with van der Waals surface area (Å²) in [6, 6.07) is 6.22. The molecule has 1 aromatic carbocycles. The number of likely N-dealkylation sites (tertiary alicyclic amines) is 1. The van der Waals surface area contributed by atoms with Crippen LogP contribution in [0, 0.1) is 11.7 Å². The number of urea groups is 1. The van der Waals surface area contributed by atoms with Crippen LogP contribution in [-0.4, -0.2) is 52.9 Å². The number of aromatic nitrogens is 1. The van der Waals surface area contributed by atoms with E-state index in [4.69, 9.17) is 0 Å². The molecule has 27 heavy (non-hydrogen) atoms. The lowest BCUT2D eigenvalue weighted by molar-refractivity contribution is -0.136. The predicted molar refractivity (Wildman–Crippen MR) is 103 cm³/mol. The Morgan fingerprint density at radius 2 is 2.07 bits per heavy atom. The fourth-order valence-corrected chi connectivity index (χ4v) is 3.70. The smallest absolute Gasteiger partial charge is 0.317 e. The highest BCUT2D eigenvalue weighted by Gasteiger charge is 2.30. The molecular formula is C20H27FN4O2. The van der Waals surface area contributed by atoms with Crippen LogP contribution < -0.4 is 5.32 Å². The number of carbonyl (C=O) groups excluding carboxylic acids is 2. The zero-order valence-electron chi connectivity index (χ0n) is 15.9. The van der Waals surface area contributed by atoms with Crippen molar-refractivity contribution in [1.29, 1.82) is 0 Å². The summed E-state index contributed by atoms with van der Waals surface area (Å²) in [4.78, 5) is 31.8. The number of halogens is 1. The van der Waals surface area contributed by atoms with Gasteiger partial charge >= 0.3 is 6.03 Å². The van der Waals surface area contributed by atoms with Crippen molar-refractivity contribution < 1.29 is 14.0 Å². The number of hydrogen-bond acceptors (Lipinski definition) is 2. The van der Waals surface area contributed by atoms with Crippen LogP contribution in [0.4, 0.5) is 9.18 Å². The van der Waals surface area contributed by atoms with Crippen molar-refractivity contribution >= 4 is 22.8 Å². The molecule has 0 aliphatic carbocycles. The van der Waals surface area contributed by atoms with Gasteiger partial charge in [0.2, 0.25) is 5.91 Å². The number of benzene rings is 1. The molecule has 0 saturated carbocycles. The molecule has 6 nitrogen and oxygen atoms in total. The van der Waals surface area contributed by atoms with Crippen molar-refractivity contribution in [2.24, 2.45) is 5.92 Å². The summed E-state index contributed by atoms with van der Waals surface area (Å²) in [5.41, 5.74) is 1.65. The molecule has 1 saturated heterocycles. The van der Waals surface area contributed by atoms with E-state index >= 15 is 0 Å². The predicted octanol–water partition coefficient (Wildman–Crippen LogP) is 3.10. The second-order valence-corrected chi connectivity index (χ2v) is 6.98. The van der Waals surface area contributed by atoms with Crippen LogP contribution in [0.1, 0.15) is 32.4 Å². The van der Waals surface area contributed by atoms with E-state index in [9.17, 15) is 14.0 Å². The van der Waals surface area contributed by atoms with E-state index in [0.717, 1.165) is 29.4 Å². The number of nitrogens with one attached hydrogen (secondary N) is 2. The molecule has 3 rings (SSSR count). The van der Waals surface area contributed by atoms with Crippen LogP contribution in [-0.2, 0) is 11.3 Å². The number of fused-ring (bicyclic) bond motifs is 1. The SMILES string of the molecule is CCN(CC)C(=O)[C@H]1CCCN(C(=O)NCc2cc3cc(F)ccc3[nH]2)C1. The summed E-state index contributed by atoms with van der Waals surface area (Å²) in [5, 5.41) is 3.68. The molecule has 1 atom stereocenters. The van der Waals surface area contributed by atoms with Gasteiger partial charge in [0, 0.05) is 42.8 Å². The third-order valence-corrected chi connectivity index (χ3v) is 5.20. The molecule has 0 bridgehead atoms. The van der Waals surface area contributed by atoms with E-state index in [1.165, 1.54) is 12.1 Å². The molecule has 0 spiro atoms. The largest absolute Gasteiger partial charge is 0.357 e. The van der Waals surface area contributed by atoms with Crippen LogP contribution in [0.5, 0.6) is 0 Å². The van der Waals surface area contributed by atoms with Crippen molar-refractivity contribution in [2.75, 3.05) is 26.2 Å². The first-order chi connectivity index (χ1) is 13.0. The fourth-order valence-electron chi connectivity index (χ4n) is 3.70. The molecule has 146 valence electrons. The normalized spacial score (nSPS) is 17.1. The van der Waals surface area contributed by atoms with Crippen LogP contribution in [0.2, 0.25) is 0 Å². The second kappa shape index (κ2) is 8.41. The average Bonchev–Trinajstić information content (AvgIpc) is 3.09. The molecule has 1 aromatic heterocycles. The number of rotatable bonds is 5. The first-order valence-electron chi connectivity index (χ1n) is 9.60. The lowest BCUT2D eigenvalue weighted by Crippen LogP contribution is -2.49. The van der Waals surface area contributed by atoms with Gasteiger partial charge in [-0.1, -0.05) is 0 Å². The Balaban J connectivity index is 1.57. The first-order valence-corrected chi connectivity index (χ1v) is 9.60. The lowest BCUT2D eigenvalue weighted by Gasteiger charge is -2.34. The first kappa shape index (κ1) is 19.2. The number of H-pyrrole nitrogens is 1. The van der Waals surface area contributed by atoms with Crippen LogP contribution >= 0.6 is 0 Å². The Bertz CT molecular complexity index is 815. The third-order valence-electron chi connectivity index (χ3n) is 5.20. The van der Waals surface area contributed by atoms with Gasteiger partial charge in [0.15, 0.2) is 0 Å². The summed E-state index contributed by atoms with van der Waals surface area (Å²) in [7, 11) is 0. The van der Waals surface area contributed by atoms with Crippen LogP contribution in [0.15, 0.2) is 24.3 Å². The number of nitrogens with zero attached hydrogens (tertiary/aromatic N) is 2. The quantitative estimate of drug-likeness (QED) is 0.844. The molecule has 2 aromatic rings. The van der Waals surface area contributed by atoms with E-state index in [-0.39, 0.29) is 23.7 Å². The maximum atomic E-state index is 13.3. The highest BCUT2D eigenvalue weighted by molar-refractivity contribution is 5.82. The van der Waals surface area contributed by atoms with Gasteiger partial charge in [-0.3, -0.25) is 4.79 Å². The van der Waals surface area contributed by atoms with Crippen molar-refractivity contribution in [3.05, 3.63) is 35.8 Å². The van der Waals surface area contributed by atoms with E-state index in [1.54, 1.807) is 11.0 Å². The zero-order chi connectivity index (χ0) is 19.4. The van der Waals surface area contributed by atoms with E-state index in [2.05, 4.69) is 10.3 Å². The fraction of sp³-hybridized carbons (Fsp3) is 0.500. The highest BCUT2D eigenvalue weighted by atomic mass is 19.1. The molecular weight excluding hydrogens is 347 g/mol. The maximum absolute atomic E-state index is 13.3. The molecule has 7 heteroatoms. The van der Waals surface area contributed by atoms with Crippen LogP contribution in [0.25, 0.3) is 10.9 Å². The molecule has 2 N–H and O–H groups in total. The number of hydrogen-bond donors (Lipinski definition) is 2. The number of amides is 3. The van der Waals surface area contributed by atoms with E-state index in [1.807, 2.05) is 24.8 Å². The minimum atomic E-state index is -0.283. The van der Waals surface area contributed by atoms with Crippen LogP contribution in [0.3, 0.4) is 0 Å². The Labute approximate surface area is 158 Å². The summed E-state index contributed by atoms with van der Waals surface area (Å²) in [5.74, 6) is -0.273. The minimum absolute atomic E-state index is 0.125. The van der Waals surface area contributed by atoms with Gasteiger partial charge in [-0.25, -0.2) is 9.18 Å². The molecule has 0 unspecified atom stereocenters. The summed E-state index contributed by atoms with van der Waals surface area (Å²) in [6.45, 7) is 6.78. The number of piperidine rings is 1. The Morgan fingerprint density at radius 1 is 1.30 bits per heavy atom. The molecule has 3 amide bonds. The van der Waals surface area contributed by atoms with Crippen molar-refractivity contribution in [3.8, 4) is 0 Å². The summed E-state index contributed by atoms with van der Waals surface area (Å²) >= 11 is 0. The number of aromatic amines is 1. The molecule has 1 aliphatic heterocycles. The highest BCUT2D eigenvalue weighted by Crippen LogP contribution is 2.20. The van der Waals surface area contributed by atoms with Gasteiger partial charge in [-0.05, 0) is 51.0 Å². The molecule has 1 fully saturated rings. The Morgan fingerprint density at radius 3 is 2.81 bits per heavy atom. The Kier molecular flexibility index (Phi) is 5.98. The third kappa shape index (κ3) is 4.40. The average molecular weight is 374 g/mol. The van der Waals surface area contributed by atoms with Gasteiger partial charge in [0.25, 0.3) is 0 Å². The van der Waals surface area contributed by atoms with E-state index < -0.39 is 0 Å². The van der Waals surface area contributed by atoms with Gasteiger partial charge in [-0.15, -0.1) is 0 Å². The van der Waals surface area contributed by atoms with Gasteiger partial charge in [0.1, 0.15) is 5.82 Å². The Hall–Kier alpha value is -2.57. The van der Waals surface area contributed by atoms with Crippen molar-refractivity contribution in [3.63, 3.8) is 0 Å². The lowest BCUT2D eigenvalue weighted by atomic mass is 9.96. The number of carbonyl (C=O) groups is 2. The van der Waals surface area contributed by atoms with E-state index in [0.29, 0.717) is 32.7 Å². The summed E-state index contributed by atoms with van der Waals surface area (Å²) in [6.07, 6.45) is 1.66. The minimum Gasteiger partial charge on any atom is -0.357 e. The van der Waals surface area contributed by atoms with Gasteiger partial charge in [-0.2, -0.15) is 0 Å². The topological polar surface area (TPSA) is 68.4 Å². The van der Waals surface area contributed by atoms with Gasteiger partial charge < -0.3 is 20.1 Å². The molecule has 2 heterocycles. The molecule has 1 aliphatic rings.